The molecule has 3 aromatic rings. The third-order valence-corrected chi connectivity index (χ3v) is 4.87. The molecular weight excluding hydrogens is 377 g/mol. The first-order valence-corrected chi connectivity index (χ1v) is 9.04. The van der Waals surface area contributed by atoms with Crippen LogP contribution in [0.25, 0.3) is 11.4 Å². The Hall–Kier alpha value is -1.79. The molecule has 0 aliphatic carbocycles. The van der Waals surface area contributed by atoms with Crippen molar-refractivity contribution in [2.24, 2.45) is 0 Å². The summed E-state index contributed by atoms with van der Waals surface area (Å²) in [5.74, 6) is 0.734. The molecule has 0 unspecified atom stereocenters. The standard InChI is InChI=1S/C18H15Cl2N3OS/c1-24-14-9-13(23-17(10-14)16-4-2-3-7-21-16)11-22-25-18-8-12(19)5-6-15(18)20/h2-10,22H,11H2,1H3. The van der Waals surface area contributed by atoms with Crippen molar-refractivity contribution in [2.45, 2.75) is 11.4 Å². The Bertz CT molecular complexity index is 862. The van der Waals surface area contributed by atoms with Crippen LogP contribution >= 0.6 is 35.1 Å². The first kappa shape index (κ1) is 18.0. The molecule has 0 atom stereocenters. The normalized spacial score (nSPS) is 10.7. The molecule has 0 saturated heterocycles. The number of halogens is 2. The first-order chi connectivity index (χ1) is 12.2. The third-order valence-electron chi connectivity index (χ3n) is 3.34. The molecule has 2 aromatic heterocycles. The molecule has 0 bridgehead atoms. The molecule has 25 heavy (non-hydrogen) atoms. The molecule has 1 aromatic carbocycles. The topological polar surface area (TPSA) is 47.0 Å². The number of methoxy groups -OCH3 is 1. The van der Waals surface area contributed by atoms with Gasteiger partial charge in [-0.25, -0.2) is 4.98 Å². The Balaban J connectivity index is 1.75. The molecule has 0 aliphatic heterocycles. The predicted molar refractivity (Wildman–Crippen MR) is 103 cm³/mol. The Morgan fingerprint density at radius 1 is 1.08 bits per heavy atom. The van der Waals surface area contributed by atoms with Gasteiger partial charge in [0.05, 0.1) is 29.2 Å². The van der Waals surface area contributed by atoms with E-state index in [-0.39, 0.29) is 0 Å². The number of aromatic nitrogens is 2. The van der Waals surface area contributed by atoms with Crippen LogP contribution in [0.4, 0.5) is 0 Å². The van der Waals surface area contributed by atoms with Crippen molar-refractivity contribution >= 4 is 35.1 Å². The van der Waals surface area contributed by atoms with Gasteiger partial charge in [0.1, 0.15) is 5.75 Å². The van der Waals surface area contributed by atoms with Crippen molar-refractivity contribution in [1.29, 1.82) is 0 Å². The highest BCUT2D eigenvalue weighted by Crippen LogP contribution is 2.28. The molecule has 0 aliphatic rings. The second-order valence-corrected chi connectivity index (χ2v) is 6.87. The van der Waals surface area contributed by atoms with Gasteiger partial charge in [0.15, 0.2) is 0 Å². The lowest BCUT2D eigenvalue weighted by atomic mass is 10.2. The van der Waals surface area contributed by atoms with Crippen molar-refractivity contribution in [1.82, 2.24) is 14.7 Å². The van der Waals surface area contributed by atoms with E-state index in [1.165, 1.54) is 11.9 Å². The number of hydrogen-bond acceptors (Lipinski definition) is 5. The second kappa shape index (κ2) is 8.54. The summed E-state index contributed by atoms with van der Waals surface area (Å²) < 4.78 is 8.63. The van der Waals surface area contributed by atoms with Crippen LogP contribution in [0, 0.1) is 0 Å². The van der Waals surface area contributed by atoms with Crippen molar-refractivity contribution in [2.75, 3.05) is 7.11 Å². The average molecular weight is 392 g/mol. The molecule has 3 rings (SSSR count). The molecule has 0 spiro atoms. The van der Waals surface area contributed by atoms with Crippen LogP contribution in [0.5, 0.6) is 5.75 Å². The van der Waals surface area contributed by atoms with Crippen LogP contribution in [0.2, 0.25) is 10.0 Å². The minimum atomic E-state index is 0.532. The molecule has 128 valence electrons. The second-order valence-electron chi connectivity index (χ2n) is 5.10. The lowest BCUT2D eigenvalue weighted by molar-refractivity contribution is 0.413. The SMILES string of the molecule is COc1cc(CNSc2cc(Cl)ccc2Cl)nc(-c2ccccn2)c1. The summed E-state index contributed by atoms with van der Waals surface area (Å²) in [6.07, 6.45) is 1.74. The maximum absolute atomic E-state index is 6.17. The molecule has 1 N–H and O–H groups in total. The van der Waals surface area contributed by atoms with Crippen molar-refractivity contribution < 1.29 is 4.74 Å². The number of ether oxygens (including phenoxy) is 1. The van der Waals surface area contributed by atoms with E-state index in [0.29, 0.717) is 16.6 Å². The summed E-state index contributed by atoms with van der Waals surface area (Å²) >= 11 is 13.6. The van der Waals surface area contributed by atoms with Gasteiger partial charge in [-0.05, 0) is 42.3 Å². The number of rotatable bonds is 6. The van der Waals surface area contributed by atoms with E-state index in [1.54, 1.807) is 25.4 Å². The third kappa shape index (κ3) is 4.86. The van der Waals surface area contributed by atoms with E-state index >= 15 is 0 Å². The summed E-state index contributed by atoms with van der Waals surface area (Å²) in [5.41, 5.74) is 2.40. The molecule has 0 radical (unpaired) electrons. The van der Waals surface area contributed by atoms with Crippen LogP contribution in [-0.4, -0.2) is 17.1 Å². The van der Waals surface area contributed by atoms with Crippen molar-refractivity contribution in [3.05, 3.63) is 70.5 Å². The van der Waals surface area contributed by atoms with Gasteiger partial charge in [-0.15, -0.1) is 0 Å². The smallest absolute Gasteiger partial charge is 0.122 e. The zero-order valence-corrected chi connectivity index (χ0v) is 15.7. The van der Waals surface area contributed by atoms with E-state index in [1.807, 2.05) is 36.4 Å². The Morgan fingerprint density at radius 3 is 2.72 bits per heavy atom. The Labute approximate surface area is 160 Å². The fourth-order valence-corrected chi connectivity index (χ4v) is 3.35. The van der Waals surface area contributed by atoms with E-state index in [4.69, 9.17) is 27.9 Å². The van der Waals surface area contributed by atoms with Gasteiger partial charge in [-0.2, -0.15) is 0 Å². The maximum Gasteiger partial charge on any atom is 0.122 e. The number of nitrogens with zero attached hydrogens (tertiary/aromatic N) is 2. The summed E-state index contributed by atoms with van der Waals surface area (Å²) in [6.45, 7) is 0.532. The molecule has 4 nitrogen and oxygen atoms in total. The molecule has 0 fully saturated rings. The summed E-state index contributed by atoms with van der Waals surface area (Å²) in [5, 5.41) is 1.29. The summed E-state index contributed by atoms with van der Waals surface area (Å²) in [4.78, 5) is 9.85. The zero-order valence-electron chi connectivity index (χ0n) is 13.4. The highest BCUT2D eigenvalue weighted by Gasteiger charge is 2.08. The number of nitrogens with one attached hydrogen (secondary N) is 1. The van der Waals surface area contributed by atoms with Gasteiger partial charge in [-0.3, -0.25) is 9.71 Å². The highest BCUT2D eigenvalue weighted by molar-refractivity contribution is 7.97. The number of hydrogen-bond donors (Lipinski definition) is 1. The average Bonchev–Trinajstić information content (AvgIpc) is 2.65. The summed E-state index contributed by atoms with van der Waals surface area (Å²) in [7, 11) is 1.63. The predicted octanol–water partition coefficient (Wildman–Crippen LogP) is 5.26. The lowest BCUT2D eigenvalue weighted by Gasteiger charge is -2.09. The van der Waals surface area contributed by atoms with Gasteiger partial charge in [0, 0.05) is 34.8 Å². The quantitative estimate of drug-likeness (QED) is 0.580. The van der Waals surface area contributed by atoms with Crippen LogP contribution in [0.1, 0.15) is 5.69 Å². The molecule has 2 heterocycles. The van der Waals surface area contributed by atoms with Crippen LogP contribution in [-0.2, 0) is 6.54 Å². The fraction of sp³-hybridized carbons (Fsp3) is 0.111. The maximum atomic E-state index is 6.17. The van der Waals surface area contributed by atoms with Gasteiger partial charge in [0.2, 0.25) is 0 Å². The number of benzene rings is 1. The van der Waals surface area contributed by atoms with Gasteiger partial charge >= 0.3 is 0 Å². The van der Waals surface area contributed by atoms with E-state index in [0.717, 1.165) is 27.7 Å². The van der Waals surface area contributed by atoms with Crippen LogP contribution < -0.4 is 9.46 Å². The molecule has 7 heteroatoms. The molecule has 0 saturated carbocycles. The van der Waals surface area contributed by atoms with Crippen LogP contribution in [0.3, 0.4) is 0 Å². The fourth-order valence-electron chi connectivity index (χ4n) is 2.16. The van der Waals surface area contributed by atoms with Crippen molar-refractivity contribution in [3.8, 4) is 17.1 Å². The lowest BCUT2D eigenvalue weighted by Crippen LogP contribution is -2.06. The highest BCUT2D eigenvalue weighted by atomic mass is 35.5. The monoisotopic (exact) mass is 391 g/mol. The molecule has 0 amide bonds. The molecular formula is C18H15Cl2N3OS. The summed E-state index contributed by atoms with van der Waals surface area (Å²) in [6, 6.07) is 14.8. The van der Waals surface area contributed by atoms with Gasteiger partial charge in [0.25, 0.3) is 0 Å². The minimum Gasteiger partial charge on any atom is -0.497 e. The van der Waals surface area contributed by atoms with Gasteiger partial charge in [-0.1, -0.05) is 29.3 Å². The minimum absolute atomic E-state index is 0.532. The largest absolute Gasteiger partial charge is 0.497 e. The van der Waals surface area contributed by atoms with Crippen LogP contribution in [0.15, 0.2) is 59.6 Å². The zero-order chi connectivity index (χ0) is 17.6. The van der Waals surface area contributed by atoms with E-state index < -0.39 is 0 Å². The van der Waals surface area contributed by atoms with Crippen molar-refractivity contribution in [3.63, 3.8) is 0 Å². The first-order valence-electron chi connectivity index (χ1n) is 7.47. The van der Waals surface area contributed by atoms with E-state index in [2.05, 4.69) is 14.7 Å². The Kier molecular flexibility index (Phi) is 6.15. The number of pyridine rings is 2. The van der Waals surface area contributed by atoms with E-state index in [9.17, 15) is 0 Å². The Morgan fingerprint density at radius 2 is 1.96 bits per heavy atom. The van der Waals surface area contributed by atoms with Gasteiger partial charge < -0.3 is 4.74 Å².